The molecule has 7 heteroatoms. The van der Waals surface area contributed by atoms with Crippen molar-refractivity contribution in [3.63, 3.8) is 0 Å². The number of hydrogen-bond donors (Lipinski definition) is 1. The molecule has 0 aliphatic heterocycles. The Balaban J connectivity index is 2.05. The van der Waals surface area contributed by atoms with Gasteiger partial charge in [0.2, 0.25) is 10.0 Å². The summed E-state index contributed by atoms with van der Waals surface area (Å²) in [5.74, 6) is 0. The Morgan fingerprint density at radius 1 is 1.35 bits per heavy atom. The Hall–Kier alpha value is -1.28. The lowest BCUT2D eigenvalue weighted by Gasteiger charge is -2.16. The van der Waals surface area contributed by atoms with Crippen LogP contribution in [0.15, 0.2) is 40.9 Å². The predicted octanol–water partition coefficient (Wildman–Crippen LogP) is 1.47. The lowest BCUT2D eigenvalue weighted by Crippen LogP contribution is -2.28. The standard InChI is InChI=1S/C13H17N3O2S2/c1-16(7-4-11-2-5-15-6-3-11)20(17,18)13-8-12(9-14)19-10-13/h2-3,5-6,8,10H,4,7,9,14H2,1H3. The van der Waals surface area contributed by atoms with Crippen molar-refractivity contribution in [3.05, 3.63) is 46.4 Å². The molecule has 2 N–H and O–H groups in total. The van der Waals surface area contributed by atoms with E-state index in [1.165, 1.54) is 15.6 Å². The van der Waals surface area contributed by atoms with Gasteiger partial charge in [-0.15, -0.1) is 11.3 Å². The fourth-order valence-electron chi connectivity index (χ4n) is 1.74. The molecule has 0 fully saturated rings. The molecule has 0 spiro atoms. The smallest absolute Gasteiger partial charge is 0.243 e. The molecule has 5 nitrogen and oxygen atoms in total. The summed E-state index contributed by atoms with van der Waals surface area (Å²) in [6.07, 6.45) is 4.07. The summed E-state index contributed by atoms with van der Waals surface area (Å²) in [5, 5.41) is 1.64. The largest absolute Gasteiger partial charge is 0.326 e. The predicted molar refractivity (Wildman–Crippen MR) is 80.0 cm³/mol. The normalized spacial score (nSPS) is 11.9. The number of sulfonamides is 1. The maximum Gasteiger partial charge on any atom is 0.243 e. The van der Waals surface area contributed by atoms with Gasteiger partial charge in [0.05, 0.1) is 4.90 Å². The molecule has 0 bridgehead atoms. The third-order valence-corrected chi connectivity index (χ3v) is 5.95. The summed E-state index contributed by atoms with van der Waals surface area (Å²) < 4.78 is 26.1. The van der Waals surface area contributed by atoms with E-state index < -0.39 is 10.0 Å². The molecular formula is C13H17N3O2S2. The van der Waals surface area contributed by atoms with Gasteiger partial charge in [-0.2, -0.15) is 0 Å². The Kier molecular flexibility index (Phi) is 4.87. The molecule has 0 saturated heterocycles. The SMILES string of the molecule is CN(CCc1ccncc1)S(=O)(=O)c1csc(CN)c1. The Morgan fingerprint density at radius 2 is 2.05 bits per heavy atom. The quantitative estimate of drug-likeness (QED) is 0.876. The first-order chi connectivity index (χ1) is 9.54. The van der Waals surface area contributed by atoms with Crippen LogP contribution in [0.4, 0.5) is 0 Å². The number of nitrogens with two attached hydrogens (primary N) is 1. The van der Waals surface area contributed by atoms with Crippen molar-refractivity contribution in [2.24, 2.45) is 5.73 Å². The van der Waals surface area contributed by atoms with Gasteiger partial charge in [-0.05, 0) is 30.2 Å². The molecule has 2 aromatic heterocycles. The van der Waals surface area contributed by atoms with Crippen LogP contribution in [-0.4, -0.2) is 31.3 Å². The monoisotopic (exact) mass is 311 g/mol. The van der Waals surface area contributed by atoms with Crippen LogP contribution in [0.3, 0.4) is 0 Å². The van der Waals surface area contributed by atoms with Gasteiger partial charge in [0.15, 0.2) is 0 Å². The van der Waals surface area contributed by atoms with Crippen LogP contribution in [0.1, 0.15) is 10.4 Å². The first kappa shape index (κ1) is 15.1. The number of aromatic nitrogens is 1. The van der Waals surface area contributed by atoms with Crippen molar-refractivity contribution in [2.75, 3.05) is 13.6 Å². The first-order valence-electron chi connectivity index (χ1n) is 6.17. The average molecular weight is 311 g/mol. The van der Waals surface area contributed by atoms with Gasteiger partial charge in [-0.3, -0.25) is 4.98 Å². The topological polar surface area (TPSA) is 76.3 Å². The average Bonchev–Trinajstić information content (AvgIpc) is 2.95. The second-order valence-corrected chi connectivity index (χ2v) is 7.43. The van der Waals surface area contributed by atoms with Crippen LogP contribution in [0.25, 0.3) is 0 Å². The summed E-state index contributed by atoms with van der Waals surface area (Å²) in [7, 11) is -1.83. The molecular weight excluding hydrogens is 294 g/mol. The summed E-state index contributed by atoms with van der Waals surface area (Å²) in [4.78, 5) is 5.13. The molecule has 108 valence electrons. The molecule has 0 atom stereocenters. The van der Waals surface area contributed by atoms with Gasteiger partial charge in [-0.1, -0.05) is 0 Å². The Bertz CT molecular complexity index is 653. The molecule has 0 saturated carbocycles. The molecule has 0 aliphatic rings. The molecule has 0 aromatic carbocycles. The second-order valence-electron chi connectivity index (χ2n) is 4.38. The Labute approximate surface area is 123 Å². The van der Waals surface area contributed by atoms with Gasteiger partial charge < -0.3 is 5.73 Å². The van der Waals surface area contributed by atoms with E-state index in [4.69, 9.17) is 5.73 Å². The summed E-state index contributed by atoms with van der Waals surface area (Å²) in [6.45, 7) is 0.793. The summed E-state index contributed by atoms with van der Waals surface area (Å²) in [5.41, 5.74) is 6.58. The zero-order valence-electron chi connectivity index (χ0n) is 11.2. The van der Waals surface area contributed by atoms with Gasteiger partial charge in [0, 0.05) is 42.8 Å². The van der Waals surface area contributed by atoms with E-state index in [2.05, 4.69) is 4.98 Å². The number of likely N-dealkylation sites (N-methyl/N-ethyl adjacent to an activating group) is 1. The summed E-state index contributed by atoms with van der Waals surface area (Å²) in [6, 6.07) is 5.41. The minimum absolute atomic E-state index is 0.320. The van der Waals surface area contributed by atoms with Crippen LogP contribution in [-0.2, 0) is 23.0 Å². The zero-order chi connectivity index (χ0) is 14.6. The van der Waals surface area contributed by atoms with E-state index in [0.717, 1.165) is 10.4 Å². The second kappa shape index (κ2) is 6.45. The van der Waals surface area contributed by atoms with Crippen molar-refractivity contribution >= 4 is 21.4 Å². The lowest BCUT2D eigenvalue weighted by molar-refractivity contribution is 0.473. The molecule has 0 amide bonds. The van der Waals surface area contributed by atoms with E-state index >= 15 is 0 Å². The van der Waals surface area contributed by atoms with Crippen molar-refractivity contribution < 1.29 is 8.42 Å². The highest BCUT2D eigenvalue weighted by atomic mass is 32.2. The number of nitrogens with zero attached hydrogens (tertiary/aromatic N) is 2. The van der Waals surface area contributed by atoms with Crippen LogP contribution < -0.4 is 5.73 Å². The van der Waals surface area contributed by atoms with E-state index in [-0.39, 0.29) is 0 Å². The van der Waals surface area contributed by atoms with Crippen molar-refractivity contribution in [1.29, 1.82) is 0 Å². The van der Waals surface area contributed by atoms with E-state index in [0.29, 0.717) is 24.4 Å². The van der Waals surface area contributed by atoms with Gasteiger partial charge in [0.1, 0.15) is 0 Å². The van der Waals surface area contributed by atoms with Gasteiger partial charge in [0.25, 0.3) is 0 Å². The Morgan fingerprint density at radius 3 is 2.65 bits per heavy atom. The summed E-state index contributed by atoms with van der Waals surface area (Å²) >= 11 is 1.37. The molecule has 2 rings (SSSR count). The molecule has 0 aliphatic carbocycles. The van der Waals surface area contributed by atoms with Crippen LogP contribution in [0, 0.1) is 0 Å². The van der Waals surface area contributed by atoms with Crippen LogP contribution in [0.2, 0.25) is 0 Å². The van der Waals surface area contributed by atoms with E-state index in [9.17, 15) is 8.42 Å². The van der Waals surface area contributed by atoms with Gasteiger partial charge >= 0.3 is 0 Å². The fourth-order valence-corrected chi connectivity index (χ4v) is 4.05. The van der Waals surface area contributed by atoms with Crippen molar-refractivity contribution in [2.45, 2.75) is 17.9 Å². The third-order valence-electron chi connectivity index (χ3n) is 3.00. The van der Waals surface area contributed by atoms with E-state index in [1.807, 2.05) is 12.1 Å². The number of hydrogen-bond acceptors (Lipinski definition) is 5. The minimum Gasteiger partial charge on any atom is -0.326 e. The molecule has 0 radical (unpaired) electrons. The maximum absolute atomic E-state index is 12.4. The molecule has 2 heterocycles. The highest BCUT2D eigenvalue weighted by Gasteiger charge is 2.21. The van der Waals surface area contributed by atoms with Crippen molar-refractivity contribution in [1.82, 2.24) is 9.29 Å². The van der Waals surface area contributed by atoms with Crippen LogP contribution >= 0.6 is 11.3 Å². The molecule has 20 heavy (non-hydrogen) atoms. The minimum atomic E-state index is -3.43. The van der Waals surface area contributed by atoms with Crippen molar-refractivity contribution in [3.8, 4) is 0 Å². The lowest BCUT2D eigenvalue weighted by atomic mass is 10.2. The third kappa shape index (κ3) is 3.43. The highest BCUT2D eigenvalue weighted by molar-refractivity contribution is 7.89. The maximum atomic E-state index is 12.4. The number of thiophene rings is 1. The fraction of sp³-hybridized carbons (Fsp3) is 0.308. The number of rotatable bonds is 6. The van der Waals surface area contributed by atoms with E-state index in [1.54, 1.807) is 30.9 Å². The highest BCUT2D eigenvalue weighted by Crippen LogP contribution is 2.21. The van der Waals surface area contributed by atoms with Crippen LogP contribution in [0.5, 0.6) is 0 Å². The zero-order valence-corrected chi connectivity index (χ0v) is 12.8. The van der Waals surface area contributed by atoms with Gasteiger partial charge in [-0.25, -0.2) is 12.7 Å². The first-order valence-corrected chi connectivity index (χ1v) is 8.48. The molecule has 2 aromatic rings. The number of pyridine rings is 1. The molecule has 0 unspecified atom stereocenters.